The second-order valence-electron chi connectivity index (χ2n) is 6.87. The van der Waals surface area contributed by atoms with Gasteiger partial charge in [-0.3, -0.25) is 14.0 Å². The van der Waals surface area contributed by atoms with E-state index in [0.29, 0.717) is 16.8 Å². The number of amides is 1. The number of aryl methyl sites for hydroxylation is 1. The molecule has 1 heterocycles. The summed E-state index contributed by atoms with van der Waals surface area (Å²) in [6.07, 6.45) is 2.73. The Hall–Kier alpha value is -3.06. The van der Waals surface area contributed by atoms with Gasteiger partial charge in [-0.2, -0.15) is 5.10 Å². The van der Waals surface area contributed by atoms with Crippen LogP contribution in [0.5, 0.6) is 0 Å². The van der Waals surface area contributed by atoms with Gasteiger partial charge < -0.3 is 15.1 Å². The van der Waals surface area contributed by atoms with Crippen LogP contribution in [0, 0.1) is 5.82 Å². The first-order valence-electron chi connectivity index (χ1n) is 9.03. The molecule has 3 rings (SSSR count). The zero-order valence-electron chi connectivity index (χ0n) is 16.4. The van der Waals surface area contributed by atoms with E-state index in [1.165, 1.54) is 18.2 Å². The number of halogens is 1. The van der Waals surface area contributed by atoms with Crippen LogP contribution in [0.1, 0.15) is 18.1 Å². The van der Waals surface area contributed by atoms with Gasteiger partial charge in [0.1, 0.15) is 5.82 Å². The fourth-order valence-corrected chi connectivity index (χ4v) is 3.75. The number of benzene rings is 2. The number of hydrogen-bond donors (Lipinski definition) is 3. The quantitative estimate of drug-likeness (QED) is 0.407. The summed E-state index contributed by atoms with van der Waals surface area (Å²) in [6.45, 7) is 1.78. The van der Waals surface area contributed by atoms with Gasteiger partial charge in [-0.25, -0.2) is 4.39 Å². The molecular formula is C21H21FN3O4P. The van der Waals surface area contributed by atoms with Crippen LogP contribution in [0.25, 0.3) is 16.8 Å². The molecule has 1 amide bonds. The van der Waals surface area contributed by atoms with Gasteiger partial charge in [-0.15, -0.1) is 0 Å². The van der Waals surface area contributed by atoms with Crippen molar-refractivity contribution in [2.75, 3.05) is 5.32 Å². The number of anilines is 1. The summed E-state index contributed by atoms with van der Waals surface area (Å²) >= 11 is 0. The van der Waals surface area contributed by atoms with Crippen molar-refractivity contribution in [1.82, 2.24) is 9.78 Å². The van der Waals surface area contributed by atoms with Crippen LogP contribution in [0.4, 0.5) is 10.1 Å². The van der Waals surface area contributed by atoms with Gasteiger partial charge in [0.15, 0.2) is 0 Å². The summed E-state index contributed by atoms with van der Waals surface area (Å²) in [4.78, 5) is 30.5. The van der Waals surface area contributed by atoms with E-state index in [4.69, 9.17) is 9.79 Å². The van der Waals surface area contributed by atoms with Gasteiger partial charge in [0.05, 0.1) is 18.1 Å². The van der Waals surface area contributed by atoms with Crippen molar-refractivity contribution in [3.63, 3.8) is 0 Å². The minimum Gasteiger partial charge on any atom is -0.324 e. The fraction of sp³-hybridized carbons (Fsp3) is 0.143. The summed E-state index contributed by atoms with van der Waals surface area (Å²) in [5.74, 6) is -0.690. The molecule has 1 aromatic heterocycles. The Balaban J connectivity index is 1.77. The van der Waals surface area contributed by atoms with E-state index in [2.05, 4.69) is 10.4 Å². The zero-order chi connectivity index (χ0) is 21.9. The van der Waals surface area contributed by atoms with Gasteiger partial charge in [0, 0.05) is 29.9 Å². The molecule has 30 heavy (non-hydrogen) atoms. The molecular weight excluding hydrogens is 408 g/mol. The Labute approximate surface area is 173 Å². The van der Waals surface area contributed by atoms with Crippen LogP contribution in [-0.4, -0.2) is 25.5 Å². The summed E-state index contributed by atoms with van der Waals surface area (Å²) in [5, 5.41) is 6.97. The molecule has 3 N–H and O–H groups in total. The molecule has 0 bridgehead atoms. The van der Waals surface area contributed by atoms with Crippen molar-refractivity contribution in [3.8, 4) is 11.3 Å². The minimum absolute atomic E-state index is 0.332. The van der Waals surface area contributed by atoms with Crippen LogP contribution in [-0.2, 0) is 22.6 Å². The molecule has 0 saturated carbocycles. The Morgan fingerprint density at radius 1 is 1.17 bits per heavy atom. The SMILES string of the molecule is C/C(=C/C(=O)Nc1ccc(CP(=O)(O)O)cc1)c1cnn(C)c1-c1ccc(F)cc1. The summed E-state index contributed by atoms with van der Waals surface area (Å²) in [6, 6.07) is 12.3. The van der Waals surface area contributed by atoms with E-state index < -0.39 is 7.60 Å². The van der Waals surface area contributed by atoms with Gasteiger partial charge in [0.2, 0.25) is 5.91 Å². The van der Waals surface area contributed by atoms with E-state index in [9.17, 15) is 13.8 Å². The van der Waals surface area contributed by atoms with Crippen LogP contribution in [0.2, 0.25) is 0 Å². The summed E-state index contributed by atoms with van der Waals surface area (Å²) in [7, 11) is -2.37. The lowest BCUT2D eigenvalue weighted by Crippen LogP contribution is -2.08. The second kappa shape index (κ2) is 8.75. The second-order valence-corrected chi connectivity index (χ2v) is 8.52. The zero-order valence-corrected chi connectivity index (χ0v) is 17.3. The van der Waals surface area contributed by atoms with Gasteiger partial charge in [-0.05, 0) is 54.5 Å². The Kier molecular flexibility index (Phi) is 6.31. The number of allylic oxidation sites excluding steroid dienone is 1. The standard InChI is InChI=1S/C21H21FN3O4P/c1-14(19-12-23-25(2)21(19)16-5-7-17(22)8-6-16)11-20(26)24-18-9-3-15(4-10-18)13-30(27,28)29/h3-12H,13H2,1-2H3,(H,24,26)(H2,27,28,29)/b14-11-. The Morgan fingerprint density at radius 2 is 1.80 bits per heavy atom. The van der Waals surface area contributed by atoms with E-state index in [-0.39, 0.29) is 17.9 Å². The van der Waals surface area contributed by atoms with E-state index >= 15 is 0 Å². The normalized spacial score (nSPS) is 12.1. The van der Waals surface area contributed by atoms with Gasteiger partial charge in [-0.1, -0.05) is 12.1 Å². The topological polar surface area (TPSA) is 104 Å². The third-order valence-corrected chi connectivity index (χ3v) is 5.22. The van der Waals surface area contributed by atoms with Crippen LogP contribution < -0.4 is 5.32 Å². The summed E-state index contributed by atoms with van der Waals surface area (Å²) in [5.41, 5.74) is 3.95. The highest BCUT2D eigenvalue weighted by atomic mass is 31.2. The van der Waals surface area contributed by atoms with E-state index in [1.54, 1.807) is 61.2 Å². The number of rotatable bonds is 6. The first-order valence-corrected chi connectivity index (χ1v) is 10.8. The molecule has 9 heteroatoms. The van der Waals surface area contributed by atoms with Crippen LogP contribution >= 0.6 is 7.60 Å². The molecule has 156 valence electrons. The largest absolute Gasteiger partial charge is 0.329 e. The lowest BCUT2D eigenvalue weighted by atomic mass is 10.0. The highest BCUT2D eigenvalue weighted by Gasteiger charge is 2.15. The molecule has 0 atom stereocenters. The molecule has 2 aromatic carbocycles. The van der Waals surface area contributed by atoms with Gasteiger partial charge in [0.25, 0.3) is 0 Å². The lowest BCUT2D eigenvalue weighted by molar-refractivity contribution is -0.111. The number of nitrogens with one attached hydrogen (secondary N) is 1. The molecule has 0 unspecified atom stereocenters. The minimum atomic E-state index is -4.14. The number of aromatic nitrogens is 2. The molecule has 0 aliphatic rings. The van der Waals surface area contributed by atoms with Crippen LogP contribution in [0.15, 0.2) is 60.8 Å². The maximum absolute atomic E-state index is 13.2. The van der Waals surface area contributed by atoms with Gasteiger partial charge >= 0.3 is 7.60 Å². The van der Waals surface area contributed by atoms with E-state index in [0.717, 1.165) is 16.8 Å². The van der Waals surface area contributed by atoms with Crippen molar-refractivity contribution in [1.29, 1.82) is 0 Å². The Bertz CT molecular complexity index is 1130. The Morgan fingerprint density at radius 3 is 2.40 bits per heavy atom. The molecule has 0 aliphatic carbocycles. The smallest absolute Gasteiger partial charge is 0.324 e. The lowest BCUT2D eigenvalue weighted by Gasteiger charge is -2.08. The average molecular weight is 429 g/mol. The summed E-state index contributed by atoms with van der Waals surface area (Å²) < 4.78 is 26.0. The molecule has 0 fully saturated rings. The highest BCUT2D eigenvalue weighted by Crippen LogP contribution is 2.39. The number of hydrogen-bond acceptors (Lipinski definition) is 3. The average Bonchev–Trinajstić information content (AvgIpc) is 3.04. The number of carbonyl (C=O) groups is 1. The number of carbonyl (C=O) groups excluding carboxylic acids is 1. The van der Waals surface area contributed by atoms with Crippen molar-refractivity contribution in [2.24, 2.45) is 7.05 Å². The number of nitrogens with zero attached hydrogens (tertiary/aromatic N) is 2. The van der Waals surface area contributed by atoms with Crippen molar-refractivity contribution >= 4 is 24.8 Å². The third-order valence-electron chi connectivity index (χ3n) is 4.44. The fourth-order valence-electron chi connectivity index (χ4n) is 3.06. The molecule has 7 nitrogen and oxygen atoms in total. The monoisotopic (exact) mass is 429 g/mol. The van der Waals surface area contributed by atoms with Crippen molar-refractivity contribution < 1.29 is 23.5 Å². The molecule has 3 aromatic rings. The van der Waals surface area contributed by atoms with E-state index in [1.807, 2.05) is 0 Å². The first-order chi connectivity index (χ1) is 14.1. The third kappa shape index (κ3) is 5.51. The van der Waals surface area contributed by atoms with Crippen molar-refractivity contribution in [3.05, 3.63) is 77.7 Å². The maximum atomic E-state index is 13.2. The molecule has 0 saturated heterocycles. The highest BCUT2D eigenvalue weighted by molar-refractivity contribution is 7.50. The van der Waals surface area contributed by atoms with Crippen molar-refractivity contribution in [2.45, 2.75) is 13.1 Å². The maximum Gasteiger partial charge on any atom is 0.329 e. The molecule has 0 radical (unpaired) electrons. The molecule has 0 spiro atoms. The predicted molar refractivity (Wildman–Crippen MR) is 113 cm³/mol. The first kappa shape index (κ1) is 21.6. The predicted octanol–water partition coefficient (Wildman–Crippen LogP) is 3.95. The van der Waals surface area contributed by atoms with Crippen LogP contribution in [0.3, 0.4) is 0 Å². The molecule has 0 aliphatic heterocycles.